The van der Waals surface area contributed by atoms with Crippen molar-refractivity contribution in [2.75, 3.05) is 0 Å². The molecule has 0 saturated heterocycles. The highest BCUT2D eigenvalue weighted by Gasteiger charge is 2.26. The third kappa shape index (κ3) is 4.94. The van der Waals surface area contributed by atoms with Gasteiger partial charge < -0.3 is 0 Å². The Morgan fingerprint density at radius 2 is 1.71 bits per heavy atom. The van der Waals surface area contributed by atoms with E-state index in [0.29, 0.717) is 11.7 Å². The van der Waals surface area contributed by atoms with E-state index in [2.05, 4.69) is 6.92 Å². The zero-order chi connectivity index (χ0) is 15.1. The maximum Gasteiger partial charge on any atom is 0.135 e. The molecule has 116 valence electrons. The van der Waals surface area contributed by atoms with Crippen molar-refractivity contribution in [1.82, 2.24) is 0 Å². The van der Waals surface area contributed by atoms with E-state index in [0.717, 1.165) is 38.5 Å². The molecular weight excluding hydrogens is 263 g/mol. The molecule has 1 aromatic carbocycles. The normalized spacial score (nSPS) is 22.2. The molecule has 2 heteroatoms. The van der Waals surface area contributed by atoms with Gasteiger partial charge in [0.25, 0.3) is 0 Å². The summed E-state index contributed by atoms with van der Waals surface area (Å²) >= 11 is 0. The summed E-state index contributed by atoms with van der Waals surface area (Å²) in [6.07, 6.45) is 9.63. The first kappa shape index (κ1) is 16.2. The van der Waals surface area contributed by atoms with Crippen LogP contribution in [0.5, 0.6) is 0 Å². The molecule has 1 aliphatic rings. The number of Topliss-reactive ketones (excluding diaryl/α,β-unsaturated/α-hetero) is 1. The highest BCUT2D eigenvalue weighted by Crippen LogP contribution is 2.36. The minimum atomic E-state index is -0.172. The van der Waals surface area contributed by atoms with Crippen LogP contribution in [0.1, 0.15) is 76.2 Å². The third-order valence-electron chi connectivity index (χ3n) is 4.80. The summed E-state index contributed by atoms with van der Waals surface area (Å²) in [4.78, 5) is 12.2. The van der Waals surface area contributed by atoms with Crippen molar-refractivity contribution in [3.63, 3.8) is 0 Å². The third-order valence-corrected chi connectivity index (χ3v) is 4.80. The van der Waals surface area contributed by atoms with E-state index in [9.17, 15) is 9.18 Å². The smallest absolute Gasteiger partial charge is 0.135 e. The maximum absolute atomic E-state index is 13.0. The molecule has 0 aromatic heterocycles. The quantitative estimate of drug-likeness (QED) is 0.594. The number of carbonyl (C=O) groups is 1. The molecule has 0 amide bonds. The van der Waals surface area contributed by atoms with Gasteiger partial charge in [-0.1, -0.05) is 38.3 Å². The Morgan fingerprint density at radius 1 is 1.05 bits per heavy atom. The molecule has 0 heterocycles. The first-order valence-corrected chi connectivity index (χ1v) is 8.49. The van der Waals surface area contributed by atoms with Crippen molar-refractivity contribution in [3.8, 4) is 0 Å². The molecule has 1 nitrogen and oxygen atoms in total. The summed E-state index contributed by atoms with van der Waals surface area (Å²) < 4.78 is 13.0. The van der Waals surface area contributed by atoms with Crippen molar-refractivity contribution in [3.05, 3.63) is 35.6 Å². The summed E-state index contributed by atoms with van der Waals surface area (Å²) in [5.74, 6) is 1.09. The molecule has 0 spiro atoms. The molecule has 0 N–H and O–H groups in total. The zero-order valence-electron chi connectivity index (χ0n) is 13.1. The second-order valence-corrected chi connectivity index (χ2v) is 6.38. The van der Waals surface area contributed by atoms with Crippen LogP contribution in [0.15, 0.2) is 24.3 Å². The van der Waals surface area contributed by atoms with Gasteiger partial charge in [-0.2, -0.15) is 0 Å². The number of rotatable bonds is 7. The molecule has 0 bridgehead atoms. The van der Waals surface area contributed by atoms with E-state index in [1.165, 1.54) is 24.8 Å². The molecule has 0 aliphatic heterocycles. The van der Waals surface area contributed by atoms with Crippen molar-refractivity contribution in [1.29, 1.82) is 0 Å². The molecule has 2 rings (SSSR count). The summed E-state index contributed by atoms with van der Waals surface area (Å²) in [5.41, 5.74) is 1.23. The summed E-state index contributed by atoms with van der Waals surface area (Å²) in [6.45, 7) is 2.19. The van der Waals surface area contributed by atoms with Crippen LogP contribution in [0.2, 0.25) is 0 Å². The van der Waals surface area contributed by atoms with Crippen LogP contribution in [0.3, 0.4) is 0 Å². The predicted molar refractivity (Wildman–Crippen MR) is 84.9 cm³/mol. The number of carbonyl (C=O) groups excluding carboxylic acids is 1. The van der Waals surface area contributed by atoms with Gasteiger partial charge in [-0.3, -0.25) is 4.79 Å². The second kappa shape index (κ2) is 8.31. The number of hydrogen-bond acceptors (Lipinski definition) is 1. The van der Waals surface area contributed by atoms with E-state index in [4.69, 9.17) is 0 Å². The molecule has 21 heavy (non-hydrogen) atoms. The lowest BCUT2D eigenvalue weighted by atomic mass is 9.76. The lowest BCUT2D eigenvalue weighted by molar-refractivity contribution is -0.124. The standard InChI is InChI=1S/C19H27FO/c1-2-3-4-5-6-19(21)17-9-7-15(8-10-17)16-11-13-18(20)14-12-16/h11-15,17H,2-10H2,1H3. The number of halogens is 1. The van der Waals surface area contributed by atoms with Gasteiger partial charge in [0.1, 0.15) is 11.6 Å². The van der Waals surface area contributed by atoms with E-state index in [1.807, 2.05) is 12.1 Å². The first-order chi connectivity index (χ1) is 10.2. The summed E-state index contributed by atoms with van der Waals surface area (Å²) in [6, 6.07) is 6.88. The lowest BCUT2D eigenvalue weighted by Gasteiger charge is -2.28. The number of hydrogen-bond donors (Lipinski definition) is 0. The topological polar surface area (TPSA) is 17.1 Å². The summed E-state index contributed by atoms with van der Waals surface area (Å²) in [5, 5.41) is 0. The SMILES string of the molecule is CCCCCCC(=O)C1CCC(c2ccc(F)cc2)CC1. The maximum atomic E-state index is 13.0. The van der Waals surface area contributed by atoms with Crippen LogP contribution < -0.4 is 0 Å². The fourth-order valence-corrected chi connectivity index (χ4v) is 3.41. The number of ketones is 1. The molecular formula is C19H27FO. The van der Waals surface area contributed by atoms with Crippen LogP contribution in [0.4, 0.5) is 4.39 Å². The van der Waals surface area contributed by atoms with Crippen LogP contribution in [-0.2, 0) is 4.79 Å². The first-order valence-electron chi connectivity index (χ1n) is 8.49. The van der Waals surface area contributed by atoms with Crippen molar-refractivity contribution in [2.24, 2.45) is 5.92 Å². The summed E-state index contributed by atoms with van der Waals surface area (Å²) in [7, 11) is 0. The largest absolute Gasteiger partial charge is 0.299 e. The molecule has 1 aliphatic carbocycles. The van der Waals surface area contributed by atoms with Gasteiger partial charge in [0.05, 0.1) is 0 Å². The molecule has 0 radical (unpaired) electrons. The Bertz CT molecular complexity index is 429. The minimum absolute atomic E-state index is 0.172. The van der Waals surface area contributed by atoms with E-state index >= 15 is 0 Å². The number of unbranched alkanes of at least 4 members (excludes halogenated alkanes) is 3. The zero-order valence-corrected chi connectivity index (χ0v) is 13.1. The Balaban J connectivity index is 1.75. The average molecular weight is 290 g/mol. The van der Waals surface area contributed by atoms with Crippen molar-refractivity contribution in [2.45, 2.75) is 70.6 Å². The molecule has 1 saturated carbocycles. The average Bonchev–Trinajstić information content (AvgIpc) is 2.52. The Kier molecular flexibility index (Phi) is 6.41. The van der Waals surface area contributed by atoms with Crippen LogP contribution in [-0.4, -0.2) is 5.78 Å². The van der Waals surface area contributed by atoms with Crippen molar-refractivity contribution < 1.29 is 9.18 Å². The van der Waals surface area contributed by atoms with Gasteiger partial charge in [-0.05, 0) is 55.7 Å². The minimum Gasteiger partial charge on any atom is -0.299 e. The monoisotopic (exact) mass is 290 g/mol. The lowest BCUT2D eigenvalue weighted by Crippen LogP contribution is -2.21. The highest BCUT2D eigenvalue weighted by atomic mass is 19.1. The van der Waals surface area contributed by atoms with E-state index in [1.54, 1.807) is 12.1 Å². The van der Waals surface area contributed by atoms with Gasteiger partial charge in [0, 0.05) is 12.3 Å². The van der Waals surface area contributed by atoms with Gasteiger partial charge in [-0.25, -0.2) is 4.39 Å². The highest BCUT2D eigenvalue weighted by molar-refractivity contribution is 5.81. The number of benzene rings is 1. The fourth-order valence-electron chi connectivity index (χ4n) is 3.41. The molecule has 0 atom stereocenters. The Morgan fingerprint density at radius 3 is 2.33 bits per heavy atom. The van der Waals surface area contributed by atoms with E-state index < -0.39 is 0 Å². The van der Waals surface area contributed by atoms with Crippen LogP contribution in [0, 0.1) is 11.7 Å². The van der Waals surface area contributed by atoms with Gasteiger partial charge in [0.2, 0.25) is 0 Å². The molecule has 1 aromatic rings. The van der Waals surface area contributed by atoms with Gasteiger partial charge >= 0.3 is 0 Å². The van der Waals surface area contributed by atoms with Gasteiger partial charge in [0.15, 0.2) is 0 Å². The van der Waals surface area contributed by atoms with Gasteiger partial charge in [-0.15, -0.1) is 0 Å². The Hall–Kier alpha value is -1.18. The van der Waals surface area contributed by atoms with Crippen LogP contribution >= 0.6 is 0 Å². The molecule has 1 fully saturated rings. The van der Waals surface area contributed by atoms with E-state index in [-0.39, 0.29) is 11.7 Å². The second-order valence-electron chi connectivity index (χ2n) is 6.38. The van der Waals surface area contributed by atoms with Crippen molar-refractivity contribution >= 4 is 5.78 Å². The Labute approximate surface area is 127 Å². The van der Waals surface area contributed by atoms with Crippen LogP contribution in [0.25, 0.3) is 0 Å². The predicted octanol–water partition coefficient (Wildman–Crippen LogP) is 5.64. The molecule has 0 unspecified atom stereocenters. The fraction of sp³-hybridized carbons (Fsp3) is 0.632.